The minimum absolute atomic E-state index is 0.0634. The van der Waals surface area contributed by atoms with Crippen LogP contribution in [-0.2, 0) is 30.9 Å². The topological polar surface area (TPSA) is 78.8 Å². The fourth-order valence-electron chi connectivity index (χ4n) is 3.96. The van der Waals surface area contributed by atoms with Gasteiger partial charge in [-0.15, -0.1) is 0 Å². The van der Waals surface area contributed by atoms with Gasteiger partial charge in [0.2, 0.25) is 0 Å². The Morgan fingerprint density at radius 2 is 1.76 bits per heavy atom. The highest BCUT2D eigenvalue weighted by molar-refractivity contribution is 6.31. The molecule has 0 spiro atoms. The average Bonchev–Trinajstić information content (AvgIpc) is 2.83. The molecule has 0 aliphatic rings. The zero-order chi connectivity index (χ0) is 24.7. The van der Waals surface area contributed by atoms with E-state index in [-0.39, 0.29) is 24.1 Å². The summed E-state index contributed by atoms with van der Waals surface area (Å²) in [5, 5.41) is 3.53. The maximum Gasteiger partial charge on any atom is 0.257 e. The number of nitrogens with zero attached hydrogens (tertiary/aromatic N) is 1. The first-order valence-corrected chi connectivity index (χ1v) is 11.2. The SMILES string of the molecule is COCc1c(C(=O)NCc2cccc(OC)c2OC)c(=O)cc(C)n1CCc1ccccc1Cl. The molecule has 3 aromatic rings. The number of carbonyl (C=O) groups is 1. The third-order valence-electron chi connectivity index (χ3n) is 5.62. The van der Waals surface area contributed by atoms with E-state index in [0.717, 1.165) is 16.8 Å². The quantitative estimate of drug-likeness (QED) is 0.467. The Morgan fingerprint density at radius 1 is 1.03 bits per heavy atom. The van der Waals surface area contributed by atoms with Gasteiger partial charge in [0, 0.05) is 42.5 Å². The minimum atomic E-state index is -0.478. The van der Waals surface area contributed by atoms with Gasteiger partial charge < -0.3 is 24.1 Å². The van der Waals surface area contributed by atoms with Crippen LogP contribution < -0.4 is 20.2 Å². The molecule has 0 aliphatic carbocycles. The van der Waals surface area contributed by atoms with E-state index < -0.39 is 5.91 Å². The molecule has 7 nitrogen and oxygen atoms in total. The van der Waals surface area contributed by atoms with E-state index in [0.29, 0.717) is 35.2 Å². The van der Waals surface area contributed by atoms with Crippen molar-refractivity contribution in [3.63, 3.8) is 0 Å². The molecule has 0 unspecified atom stereocenters. The summed E-state index contributed by atoms with van der Waals surface area (Å²) < 4.78 is 18.1. The largest absolute Gasteiger partial charge is 0.493 e. The molecule has 2 aromatic carbocycles. The van der Waals surface area contributed by atoms with Gasteiger partial charge in [0.05, 0.1) is 26.5 Å². The number of para-hydroxylation sites is 1. The smallest absolute Gasteiger partial charge is 0.257 e. The number of rotatable bonds is 10. The molecule has 8 heteroatoms. The van der Waals surface area contributed by atoms with Crippen LogP contribution in [0.25, 0.3) is 0 Å². The monoisotopic (exact) mass is 484 g/mol. The third kappa shape index (κ3) is 5.61. The second-order valence-electron chi connectivity index (χ2n) is 7.73. The summed E-state index contributed by atoms with van der Waals surface area (Å²) >= 11 is 6.32. The molecule has 1 heterocycles. The van der Waals surface area contributed by atoms with E-state index in [1.165, 1.54) is 20.3 Å². The number of nitrogens with one attached hydrogen (secondary N) is 1. The lowest BCUT2D eigenvalue weighted by Crippen LogP contribution is -2.33. The van der Waals surface area contributed by atoms with Gasteiger partial charge in [0.15, 0.2) is 16.9 Å². The van der Waals surface area contributed by atoms with Crippen LogP contribution in [0.3, 0.4) is 0 Å². The molecule has 3 rings (SSSR count). The molecule has 0 saturated heterocycles. The van der Waals surface area contributed by atoms with Crippen LogP contribution >= 0.6 is 11.6 Å². The molecule has 34 heavy (non-hydrogen) atoms. The summed E-state index contributed by atoms with van der Waals surface area (Å²) in [6.07, 6.45) is 0.641. The first-order chi connectivity index (χ1) is 16.4. The Labute approximate surface area is 204 Å². The second kappa shape index (κ2) is 11.7. The van der Waals surface area contributed by atoms with Gasteiger partial charge >= 0.3 is 0 Å². The van der Waals surface area contributed by atoms with Crippen LogP contribution in [0.4, 0.5) is 0 Å². The Balaban J connectivity index is 1.91. The van der Waals surface area contributed by atoms with Gasteiger partial charge in [-0.05, 0) is 31.0 Å². The lowest BCUT2D eigenvalue weighted by Gasteiger charge is -2.20. The lowest BCUT2D eigenvalue weighted by molar-refractivity contribution is 0.0942. The predicted octanol–water partition coefficient (Wildman–Crippen LogP) is 4.15. The normalized spacial score (nSPS) is 10.7. The fourth-order valence-corrected chi connectivity index (χ4v) is 4.19. The standard InChI is InChI=1S/C26H29ClN2O5/c1-17-14-22(30)24(26(31)28-15-19-9-7-11-23(33-3)25(19)34-4)21(16-32-2)29(17)13-12-18-8-5-6-10-20(18)27/h5-11,14H,12-13,15-16H2,1-4H3,(H,28,31). The molecule has 0 aliphatic heterocycles. The molecule has 1 aromatic heterocycles. The summed E-state index contributed by atoms with van der Waals surface area (Å²) in [7, 11) is 4.63. The Kier molecular flexibility index (Phi) is 8.73. The van der Waals surface area contributed by atoms with Crippen molar-refractivity contribution in [3.8, 4) is 11.5 Å². The van der Waals surface area contributed by atoms with Crippen molar-refractivity contribution in [1.82, 2.24) is 9.88 Å². The van der Waals surface area contributed by atoms with E-state index in [9.17, 15) is 9.59 Å². The molecule has 0 bridgehead atoms. The Bertz CT molecular complexity index is 1220. The molecule has 0 fully saturated rings. The van der Waals surface area contributed by atoms with Gasteiger partial charge in [0.25, 0.3) is 5.91 Å². The lowest BCUT2D eigenvalue weighted by atomic mass is 10.1. The van der Waals surface area contributed by atoms with Crippen molar-refractivity contribution in [1.29, 1.82) is 0 Å². The molecular formula is C26H29ClN2O5. The highest BCUT2D eigenvalue weighted by Gasteiger charge is 2.21. The highest BCUT2D eigenvalue weighted by atomic mass is 35.5. The van der Waals surface area contributed by atoms with Gasteiger partial charge in [-0.25, -0.2) is 0 Å². The summed E-state index contributed by atoms with van der Waals surface area (Å²) in [6, 6.07) is 14.5. The van der Waals surface area contributed by atoms with E-state index in [2.05, 4.69) is 5.32 Å². The maximum atomic E-state index is 13.2. The number of methoxy groups -OCH3 is 3. The molecule has 1 amide bonds. The summed E-state index contributed by atoms with van der Waals surface area (Å²) in [6.45, 7) is 2.66. The number of ether oxygens (including phenoxy) is 3. The molecule has 0 radical (unpaired) electrons. The summed E-state index contributed by atoms with van der Waals surface area (Å²) in [4.78, 5) is 26.1. The average molecular weight is 485 g/mol. The zero-order valence-electron chi connectivity index (χ0n) is 19.8. The number of halogens is 1. The number of hydrogen-bond donors (Lipinski definition) is 1. The van der Waals surface area contributed by atoms with Crippen LogP contribution in [0.15, 0.2) is 53.3 Å². The molecule has 0 saturated carbocycles. The molecule has 0 atom stereocenters. The zero-order valence-corrected chi connectivity index (χ0v) is 20.6. The van der Waals surface area contributed by atoms with E-state index >= 15 is 0 Å². The number of carbonyl (C=O) groups excluding carboxylic acids is 1. The van der Waals surface area contributed by atoms with Crippen molar-refractivity contribution in [3.05, 3.63) is 91.9 Å². The number of aryl methyl sites for hydroxylation is 2. The molecular weight excluding hydrogens is 456 g/mol. The fraction of sp³-hybridized carbons (Fsp3) is 0.308. The maximum absolute atomic E-state index is 13.2. The minimum Gasteiger partial charge on any atom is -0.493 e. The number of amides is 1. The number of benzene rings is 2. The van der Waals surface area contributed by atoms with Gasteiger partial charge in [-0.3, -0.25) is 9.59 Å². The van der Waals surface area contributed by atoms with Crippen molar-refractivity contribution in [2.75, 3.05) is 21.3 Å². The predicted molar refractivity (Wildman–Crippen MR) is 132 cm³/mol. The van der Waals surface area contributed by atoms with Crippen molar-refractivity contribution in [2.45, 2.75) is 33.0 Å². The van der Waals surface area contributed by atoms with E-state index in [1.54, 1.807) is 13.2 Å². The van der Waals surface area contributed by atoms with Crippen LogP contribution in [-0.4, -0.2) is 31.8 Å². The van der Waals surface area contributed by atoms with Crippen molar-refractivity contribution >= 4 is 17.5 Å². The van der Waals surface area contributed by atoms with Crippen LogP contribution in [0, 0.1) is 6.92 Å². The number of aromatic nitrogens is 1. The molecule has 1 N–H and O–H groups in total. The summed E-state index contributed by atoms with van der Waals surface area (Å²) in [5.41, 5.74) is 2.70. The van der Waals surface area contributed by atoms with Crippen molar-refractivity contribution in [2.24, 2.45) is 0 Å². The van der Waals surface area contributed by atoms with E-state index in [4.69, 9.17) is 25.8 Å². The highest BCUT2D eigenvalue weighted by Crippen LogP contribution is 2.30. The van der Waals surface area contributed by atoms with Gasteiger partial charge in [-0.2, -0.15) is 0 Å². The van der Waals surface area contributed by atoms with E-state index in [1.807, 2.05) is 47.9 Å². The molecule has 180 valence electrons. The van der Waals surface area contributed by atoms with Crippen molar-refractivity contribution < 1.29 is 19.0 Å². The van der Waals surface area contributed by atoms with Gasteiger partial charge in [0.1, 0.15) is 5.56 Å². The first-order valence-electron chi connectivity index (χ1n) is 10.8. The number of hydrogen-bond acceptors (Lipinski definition) is 5. The Hall–Kier alpha value is -3.29. The second-order valence-corrected chi connectivity index (χ2v) is 8.14. The van der Waals surface area contributed by atoms with Crippen LogP contribution in [0.5, 0.6) is 11.5 Å². The third-order valence-corrected chi connectivity index (χ3v) is 5.99. The first kappa shape index (κ1) is 25.3. The Morgan fingerprint density at radius 3 is 2.44 bits per heavy atom. The number of pyridine rings is 1. The van der Waals surface area contributed by atoms with Crippen LogP contribution in [0.2, 0.25) is 5.02 Å². The van der Waals surface area contributed by atoms with Gasteiger partial charge in [-0.1, -0.05) is 41.9 Å². The summed E-state index contributed by atoms with van der Waals surface area (Å²) in [5.74, 6) is 0.614. The van der Waals surface area contributed by atoms with Crippen LogP contribution in [0.1, 0.15) is 32.9 Å².